The summed E-state index contributed by atoms with van der Waals surface area (Å²) in [5.41, 5.74) is 8.43. The topological polar surface area (TPSA) is 87.7 Å². The van der Waals surface area contributed by atoms with Crippen molar-refractivity contribution in [2.75, 3.05) is 5.32 Å². The Balaban J connectivity index is 2.93. The summed E-state index contributed by atoms with van der Waals surface area (Å²) in [4.78, 5) is 12.2. The standard InChI is InChI=1S/C14H21N3O2/c1-8(2)12(13(15)17-19)14(18)16-11-6-9(3)5-10(4)7-11/h5-8,12,19H,1-4H3,(H2,15,17)(H,16,18). The number of anilines is 1. The van der Waals surface area contributed by atoms with Gasteiger partial charge in [0.1, 0.15) is 5.92 Å². The molecule has 1 atom stereocenters. The van der Waals surface area contributed by atoms with Gasteiger partial charge in [-0.2, -0.15) is 0 Å². The number of nitrogens with two attached hydrogens (primary N) is 1. The van der Waals surface area contributed by atoms with Crippen molar-refractivity contribution in [1.29, 1.82) is 0 Å². The molecule has 19 heavy (non-hydrogen) atoms. The van der Waals surface area contributed by atoms with Crippen molar-refractivity contribution < 1.29 is 10.0 Å². The SMILES string of the molecule is Cc1cc(C)cc(NC(=O)C(C(N)=NO)C(C)C)c1. The molecule has 0 fully saturated rings. The predicted molar refractivity (Wildman–Crippen MR) is 76.3 cm³/mol. The minimum absolute atomic E-state index is 0.0539. The first-order valence-corrected chi connectivity index (χ1v) is 6.21. The normalized spacial score (nSPS) is 13.4. The number of amides is 1. The fourth-order valence-corrected chi connectivity index (χ4v) is 2.11. The lowest BCUT2D eigenvalue weighted by Gasteiger charge is -2.19. The Morgan fingerprint density at radius 2 is 1.79 bits per heavy atom. The first-order valence-electron chi connectivity index (χ1n) is 6.21. The molecule has 5 nitrogen and oxygen atoms in total. The van der Waals surface area contributed by atoms with Gasteiger partial charge in [-0.25, -0.2) is 0 Å². The third kappa shape index (κ3) is 3.98. The zero-order chi connectivity index (χ0) is 14.6. The Bertz CT molecular complexity index is 475. The molecule has 1 amide bonds. The molecule has 0 radical (unpaired) electrons. The number of benzene rings is 1. The maximum atomic E-state index is 12.2. The van der Waals surface area contributed by atoms with E-state index in [9.17, 15) is 4.79 Å². The number of nitrogens with one attached hydrogen (secondary N) is 1. The van der Waals surface area contributed by atoms with Crippen molar-refractivity contribution >= 4 is 17.4 Å². The van der Waals surface area contributed by atoms with Gasteiger partial charge in [-0.15, -0.1) is 0 Å². The smallest absolute Gasteiger partial charge is 0.235 e. The summed E-state index contributed by atoms with van der Waals surface area (Å²) < 4.78 is 0. The molecule has 0 saturated carbocycles. The Morgan fingerprint density at radius 3 is 2.21 bits per heavy atom. The number of hydrogen-bond acceptors (Lipinski definition) is 3. The Morgan fingerprint density at radius 1 is 1.26 bits per heavy atom. The first-order chi connectivity index (χ1) is 8.85. The molecule has 1 aromatic carbocycles. The van der Waals surface area contributed by atoms with Crippen LogP contribution in [0.25, 0.3) is 0 Å². The molecule has 5 heteroatoms. The maximum absolute atomic E-state index is 12.2. The van der Waals surface area contributed by atoms with Crippen molar-refractivity contribution in [3.8, 4) is 0 Å². The van der Waals surface area contributed by atoms with Gasteiger partial charge in [0.05, 0.1) is 0 Å². The van der Waals surface area contributed by atoms with Gasteiger partial charge < -0.3 is 16.3 Å². The molecule has 1 rings (SSSR count). The van der Waals surface area contributed by atoms with E-state index in [1.807, 2.05) is 45.9 Å². The minimum Gasteiger partial charge on any atom is -0.409 e. The zero-order valence-electron chi connectivity index (χ0n) is 11.8. The molecular weight excluding hydrogens is 242 g/mol. The summed E-state index contributed by atoms with van der Waals surface area (Å²) in [5, 5.41) is 14.5. The van der Waals surface area contributed by atoms with E-state index in [4.69, 9.17) is 10.9 Å². The lowest BCUT2D eigenvalue weighted by atomic mass is 9.93. The van der Waals surface area contributed by atoms with Gasteiger partial charge in [0.2, 0.25) is 5.91 Å². The average molecular weight is 263 g/mol. The van der Waals surface area contributed by atoms with Crippen LogP contribution in [-0.2, 0) is 4.79 Å². The van der Waals surface area contributed by atoms with E-state index in [1.165, 1.54) is 0 Å². The van der Waals surface area contributed by atoms with Crippen LogP contribution in [0.3, 0.4) is 0 Å². The van der Waals surface area contributed by atoms with Crippen molar-refractivity contribution in [2.45, 2.75) is 27.7 Å². The molecule has 0 heterocycles. The number of carbonyl (C=O) groups excluding carboxylic acids is 1. The molecule has 4 N–H and O–H groups in total. The van der Waals surface area contributed by atoms with Crippen LogP contribution in [0.5, 0.6) is 0 Å². The average Bonchev–Trinajstić information content (AvgIpc) is 2.26. The third-order valence-corrected chi connectivity index (χ3v) is 2.87. The van der Waals surface area contributed by atoms with Crippen LogP contribution < -0.4 is 11.1 Å². The lowest BCUT2D eigenvalue weighted by molar-refractivity contribution is -0.119. The van der Waals surface area contributed by atoms with E-state index in [2.05, 4.69) is 10.5 Å². The van der Waals surface area contributed by atoms with Gasteiger partial charge >= 0.3 is 0 Å². The number of rotatable bonds is 4. The van der Waals surface area contributed by atoms with Crippen molar-refractivity contribution in [3.05, 3.63) is 29.3 Å². The molecule has 1 aromatic rings. The summed E-state index contributed by atoms with van der Waals surface area (Å²) >= 11 is 0. The van der Waals surface area contributed by atoms with Gasteiger partial charge in [-0.3, -0.25) is 4.79 Å². The Kier molecular flexibility index (Phi) is 4.92. The van der Waals surface area contributed by atoms with Crippen LogP contribution in [-0.4, -0.2) is 17.0 Å². The molecule has 0 spiro atoms. The van der Waals surface area contributed by atoms with Gasteiger partial charge in [-0.05, 0) is 43.0 Å². The van der Waals surface area contributed by atoms with Gasteiger partial charge in [-0.1, -0.05) is 25.1 Å². The molecule has 0 bridgehead atoms. The van der Waals surface area contributed by atoms with Crippen molar-refractivity contribution in [1.82, 2.24) is 0 Å². The van der Waals surface area contributed by atoms with Gasteiger partial charge in [0.15, 0.2) is 5.84 Å². The summed E-state index contributed by atoms with van der Waals surface area (Å²) in [6.07, 6.45) is 0. The van der Waals surface area contributed by atoms with E-state index >= 15 is 0 Å². The molecule has 0 aliphatic rings. The minimum atomic E-state index is -0.647. The molecule has 0 aliphatic carbocycles. The van der Waals surface area contributed by atoms with Gasteiger partial charge in [0.25, 0.3) is 0 Å². The highest BCUT2D eigenvalue weighted by Gasteiger charge is 2.26. The maximum Gasteiger partial charge on any atom is 0.235 e. The van der Waals surface area contributed by atoms with E-state index in [1.54, 1.807) is 0 Å². The van der Waals surface area contributed by atoms with E-state index in [-0.39, 0.29) is 17.7 Å². The Hall–Kier alpha value is -2.04. The predicted octanol–water partition coefficient (Wildman–Crippen LogP) is 2.26. The number of oxime groups is 1. The van der Waals surface area contributed by atoms with E-state index in [0.29, 0.717) is 0 Å². The molecule has 104 valence electrons. The number of nitrogens with zero attached hydrogens (tertiary/aromatic N) is 1. The summed E-state index contributed by atoms with van der Waals surface area (Å²) in [5.74, 6) is -1.04. The first kappa shape index (κ1) is 15.0. The van der Waals surface area contributed by atoms with Crippen LogP contribution in [0.2, 0.25) is 0 Å². The van der Waals surface area contributed by atoms with Crippen LogP contribution in [0.4, 0.5) is 5.69 Å². The number of aryl methyl sites for hydroxylation is 2. The van der Waals surface area contributed by atoms with Crippen LogP contribution >= 0.6 is 0 Å². The summed E-state index contributed by atoms with van der Waals surface area (Å²) in [7, 11) is 0. The number of hydrogen-bond donors (Lipinski definition) is 3. The third-order valence-electron chi connectivity index (χ3n) is 2.87. The summed E-state index contributed by atoms with van der Waals surface area (Å²) in [6.45, 7) is 7.63. The number of carbonyl (C=O) groups is 1. The fourth-order valence-electron chi connectivity index (χ4n) is 2.11. The Labute approximate surface area is 113 Å². The summed E-state index contributed by atoms with van der Waals surface area (Å²) in [6, 6.07) is 5.79. The highest BCUT2D eigenvalue weighted by atomic mass is 16.4. The highest BCUT2D eigenvalue weighted by Crippen LogP contribution is 2.18. The largest absolute Gasteiger partial charge is 0.409 e. The second kappa shape index (κ2) is 6.22. The van der Waals surface area contributed by atoms with Crippen molar-refractivity contribution in [3.63, 3.8) is 0 Å². The zero-order valence-corrected chi connectivity index (χ0v) is 11.8. The highest BCUT2D eigenvalue weighted by molar-refractivity contribution is 6.07. The number of amidine groups is 1. The molecule has 0 aromatic heterocycles. The second-order valence-electron chi connectivity index (χ2n) is 5.11. The quantitative estimate of drug-likeness (QED) is 0.337. The molecular formula is C14H21N3O2. The molecule has 0 saturated heterocycles. The van der Waals surface area contributed by atoms with Gasteiger partial charge in [0, 0.05) is 5.69 Å². The van der Waals surface area contributed by atoms with Crippen molar-refractivity contribution in [2.24, 2.45) is 22.7 Å². The van der Waals surface area contributed by atoms with Crippen LogP contribution in [0.1, 0.15) is 25.0 Å². The monoisotopic (exact) mass is 263 g/mol. The van der Waals surface area contributed by atoms with E-state index in [0.717, 1.165) is 16.8 Å². The lowest BCUT2D eigenvalue weighted by Crippen LogP contribution is -2.38. The van der Waals surface area contributed by atoms with Crippen LogP contribution in [0.15, 0.2) is 23.4 Å². The van der Waals surface area contributed by atoms with Crippen LogP contribution in [0, 0.1) is 25.7 Å². The fraction of sp³-hybridized carbons (Fsp3) is 0.429. The molecule has 1 unspecified atom stereocenters. The molecule has 0 aliphatic heterocycles. The second-order valence-corrected chi connectivity index (χ2v) is 5.11. The van der Waals surface area contributed by atoms with E-state index < -0.39 is 5.92 Å².